The van der Waals surface area contributed by atoms with Crippen molar-refractivity contribution in [2.75, 3.05) is 14.2 Å². The van der Waals surface area contributed by atoms with Crippen molar-refractivity contribution in [2.45, 2.75) is 6.54 Å². The Bertz CT molecular complexity index is 884. The Kier molecular flexibility index (Phi) is 6.41. The number of methoxy groups -OCH3 is 2. The average Bonchev–Trinajstić information content (AvgIpc) is 2.77. The van der Waals surface area contributed by atoms with E-state index in [0.717, 1.165) is 33.8 Å². The number of aromatic nitrogens is 1. The maximum Gasteiger partial charge on any atom is 0.244 e. The number of ether oxygens (including phenoxy) is 2. The molecule has 1 aromatic heterocycles. The number of amides is 1. The van der Waals surface area contributed by atoms with Gasteiger partial charge in [-0.3, -0.25) is 9.78 Å². The Morgan fingerprint density at radius 3 is 1.96 bits per heavy atom. The van der Waals surface area contributed by atoms with Crippen LogP contribution < -0.4 is 14.8 Å². The van der Waals surface area contributed by atoms with Crippen LogP contribution in [0.15, 0.2) is 79.1 Å². The smallest absolute Gasteiger partial charge is 0.244 e. The van der Waals surface area contributed by atoms with Crippen molar-refractivity contribution in [3.8, 4) is 11.5 Å². The highest BCUT2D eigenvalue weighted by Crippen LogP contribution is 2.26. The van der Waals surface area contributed by atoms with Crippen LogP contribution in [0.2, 0.25) is 0 Å². The first-order valence-corrected chi connectivity index (χ1v) is 8.87. The summed E-state index contributed by atoms with van der Waals surface area (Å²) in [5.41, 5.74) is 3.60. The van der Waals surface area contributed by atoms with Crippen molar-refractivity contribution in [2.24, 2.45) is 0 Å². The average molecular weight is 374 g/mol. The van der Waals surface area contributed by atoms with E-state index >= 15 is 0 Å². The van der Waals surface area contributed by atoms with Crippen molar-refractivity contribution in [3.63, 3.8) is 0 Å². The van der Waals surface area contributed by atoms with Gasteiger partial charge in [0.15, 0.2) is 0 Å². The summed E-state index contributed by atoms with van der Waals surface area (Å²) in [4.78, 5) is 16.6. The van der Waals surface area contributed by atoms with Crippen molar-refractivity contribution in [1.29, 1.82) is 0 Å². The Morgan fingerprint density at radius 1 is 0.929 bits per heavy atom. The first kappa shape index (κ1) is 19.2. The van der Waals surface area contributed by atoms with Gasteiger partial charge in [0.25, 0.3) is 0 Å². The highest BCUT2D eigenvalue weighted by atomic mass is 16.5. The maximum absolute atomic E-state index is 12.6. The fourth-order valence-corrected chi connectivity index (χ4v) is 2.75. The normalized spacial score (nSPS) is 10.1. The maximum atomic E-state index is 12.6. The second kappa shape index (κ2) is 9.37. The van der Waals surface area contributed by atoms with Gasteiger partial charge in [0, 0.05) is 25.0 Å². The zero-order chi connectivity index (χ0) is 19.8. The van der Waals surface area contributed by atoms with Crippen molar-refractivity contribution in [3.05, 3.63) is 95.8 Å². The standard InChI is InChI=1S/C23H22N2O3/c1-27-20-9-5-18(6-10-20)22(19-7-11-21(28-2)12-8-19)14-23(26)25-16-17-4-3-13-24-15-17/h3-15H,16H2,1-2H3,(H,25,26). The molecule has 1 heterocycles. The molecule has 0 aliphatic heterocycles. The topological polar surface area (TPSA) is 60.5 Å². The van der Waals surface area contributed by atoms with E-state index < -0.39 is 0 Å². The third-order valence-electron chi connectivity index (χ3n) is 4.27. The zero-order valence-corrected chi connectivity index (χ0v) is 15.9. The largest absolute Gasteiger partial charge is 0.497 e. The quantitative estimate of drug-likeness (QED) is 0.638. The molecule has 5 nitrogen and oxygen atoms in total. The van der Waals surface area contributed by atoms with E-state index in [-0.39, 0.29) is 5.91 Å². The Balaban J connectivity index is 1.87. The number of carbonyl (C=O) groups excluding carboxylic acids is 1. The molecule has 0 aliphatic rings. The van der Waals surface area contributed by atoms with E-state index in [9.17, 15) is 4.79 Å². The third kappa shape index (κ3) is 4.98. The monoisotopic (exact) mass is 374 g/mol. The highest BCUT2D eigenvalue weighted by Gasteiger charge is 2.09. The molecule has 1 amide bonds. The van der Waals surface area contributed by atoms with E-state index in [1.807, 2.05) is 60.7 Å². The van der Waals surface area contributed by atoms with E-state index in [1.165, 1.54) is 0 Å². The number of hydrogen-bond donors (Lipinski definition) is 1. The summed E-state index contributed by atoms with van der Waals surface area (Å²) in [5, 5.41) is 2.91. The highest BCUT2D eigenvalue weighted by molar-refractivity contribution is 5.99. The van der Waals surface area contributed by atoms with Crippen molar-refractivity contribution >= 4 is 11.5 Å². The van der Waals surface area contributed by atoms with Gasteiger partial charge in [-0.25, -0.2) is 0 Å². The molecule has 0 unspecified atom stereocenters. The van der Waals surface area contributed by atoms with E-state index in [2.05, 4.69) is 10.3 Å². The molecular formula is C23H22N2O3. The lowest BCUT2D eigenvalue weighted by Gasteiger charge is -2.11. The molecule has 3 rings (SSSR count). The first-order valence-electron chi connectivity index (χ1n) is 8.87. The minimum absolute atomic E-state index is 0.175. The lowest BCUT2D eigenvalue weighted by Crippen LogP contribution is -2.20. The van der Waals surface area contributed by atoms with Gasteiger partial charge < -0.3 is 14.8 Å². The Labute approximate surface area is 164 Å². The number of nitrogens with one attached hydrogen (secondary N) is 1. The van der Waals surface area contributed by atoms with Crippen molar-refractivity contribution in [1.82, 2.24) is 10.3 Å². The second-order valence-electron chi connectivity index (χ2n) is 6.09. The van der Waals surface area contributed by atoms with E-state index in [4.69, 9.17) is 9.47 Å². The number of benzene rings is 2. The molecule has 1 N–H and O–H groups in total. The van der Waals surface area contributed by atoms with Crippen LogP contribution >= 0.6 is 0 Å². The van der Waals surface area contributed by atoms with Crippen LogP contribution in [0.1, 0.15) is 16.7 Å². The molecule has 0 fully saturated rings. The zero-order valence-electron chi connectivity index (χ0n) is 15.9. The first-order chi connectivity index (χ1) is 13.7. The van der Waals surface area contributed by atoms with Gasteiger partial charge in [0.2, 0.25) is 5.91 Å². The summed E-state index contributed by atoms with van der Waals surface area (Å²) in [7, 11) is 3.25. The molecule has 3 aromatic rings. The molecule has 2 aromatic carbocycles. The lowest BCUT2D eigenvalue weighted by atomic mass is 9.97. The summed E-state index contributed by atoms with van der Waals surface area (Å²) >= 11 is 0. The van der Waals surface area contributed by atoms with Crippen LogP contribution in [0, 0.1) is 0 Å². The van der Waals surface area contributed by atoms with Crippen LogP contribution in [-0.2, 0) is 11.3 Å². The van der Waals surface area contributed by atoms with Crippen LogP contribution in [0.3, 0.4) is 0 Å². The van der Waals surface area contributed by atoms with Crippen LogP contribution in [-0.4, -0.2) is 25.1 Å². The number of nitrogens with zero attached hydrogens (tertiary/aromatic N) is 1. The molecule has 0 radical (unpaired) electrons. The molecule has 0 aliphatic carbocycles. The van der Waals surface area contributed by atoms with E-state index in [1.54, 1.807) is 32.7 Å². The van der Waals surface area contributed by atoms with Gasteiger partial charge in [-0.2, -0.15) is 0 Å². The third-order valence-corrected chi connectivity index (χ3v) is 4.27. The molecule has 0 atom stereocenters. The SMILES string of the molecule is COc1ccc(C(=CC(=O)NCc2cccnc2)c2ccc(OC)cc2)cc1. The number of pyridine rings is 1. The number of rotatable bonds is 7. The van der Waals surface area contributed by atoms with Gasteiger partial charge in [0.05, 0.1) is 14.2 Å². The number of hydrogen-bond acceptors (Lipinski definition) is 4. The minimum atomic E-state index is -0.175. The summed E-state index contributed by atoms with van der Waals surface area (Å²) in [6, 6.07) is 19.0. The van der Waals surface area contributed by atoms with Crippen LogP contribution in [0.5, 0.6) is 11.5 Å². The molecule has 0 spiro atoms. The molecule has 28 heavy (non-hydrogen) atoms. The summed E-state index contributed by atoms with van der Waals surface area (Å²) in [6.07, 6.45) is 5.05. The number of carbonyl (C=O) groups is 1. The van der Waals surface area contributed by atoms with Crippen LogP contribution in [0.25, 0.3) is 5.57 Å². The lowest BCUT2D eigenvalue weighted by molar-refractivity contribution is -0.116. The Hall–Kier alpha value is -3.60. The van der Waals surface area contributed by atoms with Gasteiger partial charge >= 0.3 is 0 Å². The van der Waals surface area contributed by atoms with Gasteiger partial charge in [-0.15, -0.1) is 0 Å². The van der Waals surface area contributed by atoms with E-state index in [0.29, 0.717) is 6.54 Å². The molecule has 0 saturated carbocycles. The fourth-order valence-electron chi connectivity index (χ4n) is 2.75. The van der Waals surface area contributed by atoms with Gasteiger partial charge in [0.1, 0.15) is 11.5 Å². The fraction of sp³-hybridized carbons (Fsp3) is 0.130. The summed E-state index contributed by atoms with van der Waals surface area (Å²) in [6.45, 7) is 0.418. The predicted octanol–water partition coefficient (Wildman–Crippen LogP) is 3.85. The van der Waals surface area contributed by atoms with Crippen LogP contribution in [0.4, 0.5) is 0 Å². The Morgan fingerprint density at radius 2 is 1.50 bits per heavy atom. The molecule has 142 valence electrons. The van der Waals surface area contributed by atoms with Crippen molar-refractivity contribution < 1.29 is 14.3 Å². The van der Waals surface area contributed by atoms with Gasteiger partial charge in [-0.1, -0.05) is 30.3 Å². The molecule has 0 bridgehead atoms. The molecule has 0 saturated heterocycles. The predicted molar refractivity (Wildman–Crippen MR) is 109 cm³/mol. The minimum Gasteiger partial charge on any atom is -0.497 e. The summed E-state index contributed by atoms with van der Waals surface area (Å²) in [5.74, 6) is 1.35. The molecule has 5 heteroatoms. The molecular weight excluding hydrogens is 352 g/mol. The van der Waals surface area contributed by atoms with Gasteiger partial charge in [-0.05, 0) is 52.6 Å². The second-order valence-corrected chi connectivity index (χ2v) is 6.09. The summed E-state index contributed by atoms with van der Waals surface area (Å²) < 4.78 is 10.5.